The second-order valence-corrected chi connectivity index (χ2v) is 7.08. The molecule has 0 bridgehead atoms. The van der Waals surface area contributed by atoms with Gasteiger partial charge in [0.15, 0.2) is 5.13 Å². The molecule has 0 aliphatic carbocycles. The summed E-state index contributed by atoms with van der Waals surface area (Å²) in [6.07, 6.45) is 5.66. The van der Waals surface area contributed by atoms with Crippen LogP contribution in [0.2, 0.25) is 0 Å². The molecule has 4 aromatic rings. The van der Waals surface area contributed by atoms with E-state index in [9.17, 15) is 4.79 Å². The van der Waals surface area contributed by atoms with E-state index in [1.54, 1.807) is 24.5 Å². The van der Waals surface area contributed by atoms with E-state index in [1.807, 2.05) is 47.3 Å². The van der Waals surface area contributed by atoms with Crippen molar-refractivity contribution in [2.24, 2.45) is 0 Å². The van der Waals surface area contributed by atoms with Crippen LogP contribution in [0.5, 0.6) is 0 Å². The molecule has 4 heterocycles. The lowest BCUT2D eigenvalue weighted by atomic mass is 10.4. The number of aromatic nitrogens is 3. The van der Waals surface area contributed by atoms with E-state index in [-0.39, 0.29) is 5.91 Å². The third kappa shape index (κ3) is 2.66. The van der Waals surface area contributed by atoms with Crippen LogP contribution in [0.25, 0.3) is 16.2 Å². The smallest absolute Gasteiger partial charge is 0.261 e. The van der Waals surface area contributed by atoms with Crippen LogP contribution in [0, 0.1) is 0 Å². The molecule has 0 aliphatic heterocycles. The molecule has 0 saturated heterocycles. The van der Waals surface area contributed by atoms with Gasteiger partial charge >= 0.3 is 0 Å². The van der Waals surface area contributed by atoms with Gasteiger partial charge in [-0.2, -0.15) is 0 Å². The van der Waals surface area contributed by atoms with Crippen molar-refractivity contribution in [2.45, 2.75) is 0 Å². The van der Waals surface area contributed by atoms with Gasteiger partial charge in [0.1, 0.15) is 5.65 Å². The lowest BCUT2D eigenvalue weighted by Gasteiger charge is -1.98. The SMILES string of the molecule is CNC(=O)c1ccc(Nc2ncc(-c3cnc4ccccn34)s2)s1. The number of nitrogens with one attached hydrogen (secondary N) is 2. The zero-order valence-electron chi connectivity index (χ0n) is 12.7. The first-order valence-electron chi connectivity index (χ1n) is 7.22. The Kier molecular flexibility index (Phi) is 3.75. The number of carbonyl (C=O) groups is 1. The standard InChI is InChI=1S/C16H13N5OS2/c1-17-15(22)11-5-6-14(23-11)20-16-19-9-12(24-16)10-8-18-13-4-2-3-7-21(10)13/h2-9H,1H3,(H,17,22)(H,19,20). The molecule has 0 spiro atoms. The molecular weight excluding hydrogens is 342 g/mol. The van der Waals surface area contributed by atoms with Crippen LogP contribution in [0.1, 0.15) is 9.67 Å². The molecule has 0 atom stereocenters. The highest BCUT2D eigenvalue weighted by atomic mass is 32.1. The number of carbonyl (C=O) groups excluding carboxylic acids is 1. The molecule has 0 aliphatic rings. The van der Waals surface area contributed by atoms with Crippen molar-refractivity contribution in [1.82, 2.24) is 19.7 Å². The van der Waals surface area contributed by atoms with Gasteiger partial charge in [-0.25, -0.2) is 9.97 Å². The van der Waals surface area contributed by atoms with Gasteiger partial charge in [0, 0.05) is 19.4 Å². The van der Waals surface area contributed by atoms with E-state index in [4.69, 9.17) is 0 Å². The molecule has 8 heteroatoms. The third-order valence-corrected chi connectivity index (χ3v) is 5.40. The predicted octanol–water partition coefficient (Wildman–Crippen LogP) is 3.62. The summed E-state index contributed by atoms with van der Waals surface area (Å²) in [5.74, 6) is -0.0846. The second-order valence-electron chi connectivity index (χ2n) is 4.97. The number of anilines is 2. The second kappa shape index (κ2) is 6.06. The lowest BCUT2D eigenvalue weighted by molar-refractivity contribution is 0.0967. The van der Waals surface area contributed by atoms with Crippen molar-refractivity contribution in [3.8, 4) is 10.6 Å². The molecule has 0 aromatic carbocycles. The first-order chi connectivity index (χ1) is 11.7. The average molecular weight is 355 g/mol. The number of thiazole rings is 1. The van der Waals surface area contributed by atoms with E-state index >= 15 is 0 Å². The van der Waals surface area contributed by atoms with Crippen LogP contribution in [0.4, 0.5) is 10.1 Å². The molecule has 2 N–H and O–H groups in total. The predicted molar refractivity (Wildman–Crippen MR) is 97.3 cm³/mol. The molecule has 4 aromatic heterocycles. The van der Waals surface area contributed by atoms with E-state index in [0.29, 0.717) is 4.88 Å². The summed E-state index contributed by atoms with van der Waals surface area (Å²) in [5, 5.41) is 7.53. The maximum atomic E-state index is 11.6. The van der Waals surface area contributed by atoms with Crippen LogP contribution in [0.3, 0.4) is 0 Å². The number of hydrogen-bond donors (Lipinski definition) is 2. The van der Waals surface area contributed by atoms with Crippen LogP contribution >= 0.6 is 22.7 Å². The molecule has 0 radical (unpaired) electrons. The van der Waals surface area contributed by atoms with Crippen molar-refractivity contribution >= 4 is 44.4 Å². The Morgan fingerprint density at radius 1 is 1.12 bits per heavy atom. The van der Waals surface area contributed by atoms with Crippen LogP contribution in [-0.4, -0.2) is 27.3 Å². The molecule has 6 nitrogen and oxygen atoms in total. The monoisotopic (exact) mass is 355 g/mol. The Morgan fingerprint density at radius 3 is 2.92 bits per heavy atom. The number of pyridine rings is 1. The minimum Gasteiger partial charge on any atom is -0.354 e. The zero-order valence-corrected chi connectivity index (χ0v) is 14.3. The maximum absolute atomic E-state index is 11.6. The molecule has 1 amide bonds. The van der Waals surface area contributed by atoms with Gasteiger partial charge in [-0.3, -0.25) is 9.20 Å². The van der Waals surface area contributed by atoms with E-state index < -0.39 is 0 Å². The fourth-order valence-corrected chi connectivity index (χ4v) is 4.07. The Labute approximate surface area is 145 Å². The topological polar surface area (TPSA) is 71.3 Å². The highest BCUT2D eigenvalue weighted by Gasteiger charge is 2.11. The normalized spacial score (nSPS) is 10.9. The van der Waals surface area contributed by atoms with Crippen LogP contribution in [-0.2, 0) is 0 Å². The van der Waals surface area contributed by atoms with Crippen LogP contribution < -0.4 is 10.6 Å². The van der Waals surface area contributed by atoms with Gasteiger partial charge in [0.25, 0.3) is 5.91 Å². The fourth-order valence-electron chi connectivity index (χ4n) is 2.32. The Hall–Kier alpha value is -2.71. The Balaban J connectivity index is 1.59. The van der Waals surface area contributed by atoms with Gasteiger partial charge in [0.05, 0.1) is 26.6 Å². The van der Waals surface area contributed by atoms with Crippen molar-refractivity contribution < 1.29 is 4.79 Å². The van der Waals surface area contributed by atoms with E-state index in [2.05, 4.69) is 20.6 Å². The minimum absolute atomic E-state index is 0.0846. The quantitative estimate of drug-likeness (QED) is 0.586. The van der Waals surface area contributed by atoms with Gasteiger partial charge in [-0.05, 0) is 24.3 Å². The van der Waals surface area contributed by atoms with Crippen molar-refractivity contribution in [3.63, 3.8) is 0 Å². The summed E-state index contributed by atoms with van der Waals surface area (Å²) in [6.45, 7) is 0. The number of rotatable bonds is 4. The number of fused-ring (bicyclic) bond motifs is 1. The zero-order chi connectivity index (χ0) is 16.5. The van der Waals surface area contributed by atoms with Crippen LogP contribution in [0.15, 0.2) is 48.9 Å². The van der Waals surface area contributed by atoms with Gasteiger partial charge < -0.3 is 10.6 Å². The number of hydrogen-bond acceptors (Lipinski definition) is 6. The largest absolute Gasteiger partial charge is 0.354 e. The van der Waals surface area contributed by atoms with E-state index in [1.165, 1.54) is 11.3 Å². The van der Waals surface area contributed by atoms with Gasteiger partial charge in [0.2, 0.25) is 0 Å². The van der Waals surface area contributed by atoms with Gasteiger partial charge in [-0.15, -0.1) is 11.3 Å². The van der Waals surface area contributed by atoms with Crippen molar-refractivity contribution in [3.05, 3.63) is 53.8 Å². The third-order valence-electron chi connectivity index (χ3n) is 3.46. The summed E-state index contributed by atoms with van der Waals surface area (Å²) < 4.78 is 2.03. The Morgan fingerprint density at radius 2 is 2.04 bits per heavy atom. The number of thiophene rings is 1. The van der Waals surface area contributed by atoms with Crippen molar-refractivity contribution in [2.75, 3.05) is 12.4 Å². The number of imidazole rings is 1. The highest BCUT2D eigenvalue weighted by Crippen LogP contribution is 2.33. The van der Waals surface area contributed by atoms with Gasteiger partial charge in [-0.1, -0.05) is 17.4 Å². The van der Waals surface area contributed by atoms with Crippen molar-refractivity contribution in [1.29, 1.82) is 0 Å². The summed E-state index contributed by atoms with van der Waals surface area (Å²) in [4.78, 5) is 22.1. The molecule has 0 unspecified atom stereocenters. The molecule has 0 fully saturated rings. The fraction of sp³-hybridized carbons (Fsp3) is 0.0625. The summed E-state index contributed by atoms with van der Waals surface area (Å²) in [7, 11) is 1.62. The number of nitrogens with zero attached hydrogens (tertiary/aromatic N) is 3. The maximum Gasteiger partial charge on any atom is 0.261 e. The Bertz CT molecular complexity index is 1020. The summed E-state index contributed by atoms with van der Waals surface area (Å²) in [6, 6.07) is 9.59. The molecule has 0 saturated carbocycles. The van der Waals surface area contributed by atoms with E-state index in [0.717, 1.165) is 26.4 Å². The highest BCUT2D eigenvalue weighted by molar-refractivity contribution is 7.20. The lowest BCUT2D eigenvalue weighted by Crippen LogP contribution is -2.15. The first kappa shape index (κ1) is 14.9. The molecule has 4 rings (SSSR count). The minimum atomic E-state index is -0.0846. The molecule has 24 heavy (non-hydrogen) atoms. The summed E-state index contributed by atoms with van der Waals surface area (Å²) >= 11 is 2.94. The molecular formula is C16H13N5OS2. The first-order valence-corrected chi connectivity index (χ1v) is 8.85. The number of amides is 1. The molecule has 120 valence electrons. The average Bonchev–Trinajstić information content (AvgIpc) is 3.33. The summed E-state index contributed by atoms with van der Waals surface area (Å²) in [5.41, 5.74) is 1.91.